The minimum Gasteiger partial charge on any atom is -0.444 e. The first-order chi connectivity index (χ1) is 9.13. The molecule has 1 heterocycles. The highest BCUT2D eigenvalue weighted by atomic mass is 16.4. The van der Waals surface area contributed by atoms with Crippen molar-refractivity contribution < 1.29 is 4.42 Å². The number of nitrogens with zero attached hydrogens (tertiary/aromatic N) is 1. The van der Waals surface area contributed by atoms with Crippen LogP contribution in [0.15, 0.2) is 28.8 Å². The number of aryl methyl sites for hydroxylation is 2. The van der Waals surface area contributed by atoms with E-state index in [1.165, 1.54) is 11.1 Å². The highest BCUT2D eigenvalue weighted by Crippen LogP contribution is 2.34. The summed E-state index contributed by atoms with van der Waals surface area (Å²) >= 11 is 0. The maximum atomic E-state index is 5.83. The summed E-state index contributed by atoms with van der Waals surface area (Å²) in [6, 6.07) is 6.65. The SMILES string of the molecule is Cc1cnc(C(C)NC2CCc3cc(N)ccc32)o1. The van der Waals surface area contributed by atoms with Crippen LogP contribution in [-0.4, -0.2) is 4.98 Å². The molecular formula is C15H19N3O. The van der Waals surface area contributed by atoms with Crippen LogP contribution in [0, 0.1) is 6.92 Å². The first kappa shape index (κ1) is 12.2. The molecule has 1 aromatic carbocycles. The van der Waals surface area contributed by atoms with Crippen molar-refractivity contribution >= 4 is 5.69 Å². The van der Waals surface area contributed by atoms with E-state index in [-0.39, 0.29) is 6.04 Å². The average Bonchev–Trinajstić information content (AvgIpc) is 2.96. The van der Waals surface area contributed by atoms with Gasteiger partial charge in [-0.25, -0.2) is 4.98 Å². The van der Waals surface area contributed by atoms with Gasteiger partial charge < -0.3 is 10.2 Å². The lowest BCUT2D eigenvalue weighted by Crippen LogP contribution is -2.23. The molecule has 0 aliphatic heterocycles. The molecule has 2 unspecified atom stereocenters. The fraction of sp³-hybridized carbons (Fsp3) is 0.400. The van der Waals surface area contributed by atoms with Gasteiger partial charge in [-0.15, -0.1) is 0 Å². The van der Waals surface area contributed by atoms with Crippen LogP contribution in [0.5, 0.6) is 0 Å². The van der Waals surface area contributed by atoms with Gasteiger partial charge in [0.05, 0.1) is 12.2 Å². The van der Waals surface area contributed by atoms with Crippen LogP contribution in [0.2, 0.25) is 0 Å². The lowest BCUT2D eigenvalue weighted by Gasteiger charge is -2.18. The smallest absolute Gasteiger partial charge is 0.211 e. The van der Waals surface area contributed by atoms with Crippen molar-refractivity contribution in [1.82, 2.24) is 10.3 Å². The Balaban J connectivity index is 1.76. The van der Waals surface area contributed by atoms with Crippen molar-refractivity contribution in [2.45, 2.75) is 38.8 Å². The first-order valence-corrected chi connectivity index (χ1v) is 6.70. The predicted molar refractivity (Wildman–Crippen MR) is 74.7 cm³/mol. The molecule has 3 N–H and O–H groups in total. The van der Waals surface area contributed by atoms with Gasteiger partial charge in [-0.2, -0.15) is 0 Å². The first-order valence-electron chi connectivity index (χ1n) is 6.70. The third kappa shape index (κ3) is 2.36. The molecule has 0 spiro atoms. The van der Waals surface area contributed by atoms with E-state index < -0.39 is 0 Å². The lowest BCUT2D eigenvalue weighted by molar-refractivity contribution is 0.371. The van der Waals surface area contributed by atoms with E-state index in [0.717, 1.165) is 30.2 Å². The third-order valence-electron chi connectivity index (χ3n) is 3.71. The highest BCUT2D eigenvalue weighted by Gasteiger charge is 2.25. The number of rotatable bonds is 3. The third-order valence-corrected chi connectivity index (χ3v) is 3.71. The van der Waals surface area contributed by atoms with Crippen LogP contribution in [0.1, 0.15) is 48.2 Å². The molecule has 2 aromatic rings. The van der Waals surface area contributed by atoms with Gasteiger partial charge in [-0.1, -0.05) is 6.07 Å². The number of benzene rings is 1. The van der Waals surface area contributed by atoms with Crippen molar-refractivity contribution in [3.05, 3.63) is 47.2 Å². The lowest BCUT2D eigenvalue weighted by atomic mass is 10.1. The van der Waals surface area contributed by atoms with Crippen LogP contribution < -0.4 is 11.1 Å². The van der Waals surface area contributed by atoms with E-state index in [1.54, 1.807) is 6.20 Å². The summed E-state index contributed by atoms with van der Waals surface area (Å²) in [5.41, 5.74) is 9.38. The minimum absolute atomic E-state index is 0.113. The Kier molecular flexibility index (Phi) is 3.03. The molecular weight excluding hydrogens is 238 g/mol. The Morgan fingerprint density at radius 2 is 2.32 bits per heavy atom. The molecule has 1 aromatic heterocycles. The quantitative estimate of drug-likeness (QED) is 0.830. The van der Waals surface area contributed by atoms with E-state index in [1.807, 2.05) is 13.0 Å². The van der Waals surface area contributed by atoms with E-state index in [4.69, 9.17) is 10.2 Å². The van der Waals surface area contributed by atoms with E-state index >= 15 is 0 Å². The Labute approximate surface area is 113 Å². The zero-order valence-corrected chi connectivity index (χ0v) is 11.3. The molecule has 0 saturated carbocycles. The molecule has 0 amide bonds. The summed E-state index contributed by atoms with van der Waals surface area (Å²) in [6.07, 6.45) is 3.94. The zero-order chi connectivity index (χ0) is 13.4. The van der Waals surface area contributed by atoms with Crippen LogP contribution in [0.25, 0.3) is 0 Å². The van der Waals surface area contributed by atoms with Gasteiger partial charge in [0.1, 0.15) is 5.76 Å². The van der Waals surface area contributed by atoms with Gasteiger partial charge in [-0.05, 0) is 49.9 Å². The molecule has 4 nitrogen and oxygen atoms in total. The molecule has 1 aliphatic rings. The summed E-state index contributed by atoms with van der Waals surface area (Å²) < 4.78 is 5.57. The van der Waals surface area contributed by atoms with Crippen molar-refractivity contribution in [3.63, 3.8) is 0 Å². The van der Waals surface area contributed by atoms with Crippen molar-refractivity contribution in [3.8, 4) is 0 Å². The largest absolute Gasteiger partial charge is 0.444 e. The second-order valence-corrected chi connectivity index (χ2v) is 5.25. The number of nitrogens with one attached hydrogen (secondary N) is 1. The number of nitrogens with two attached hydrogens (primary N) is 1. The minimum atomic E-state index is 0.113. The number of hydrogen-bond donors (Lipinski definition) is 2. The van der Waals surface area contributed by atoms with Gasteiger partial charge in [0.25, 0.3) is 0 Å². The highest BCUT2D eigenvalue weighted by molar-refractivity contribution is 5.47. The van der Waals surface area contributed by atoms with Gasteiger partial charge in [0.15, 0.2) is 0 Å². The number of oxazole rings is 1. The van der Waals surface area contributed by atoms with Crippen LogP contribution in [0.3, 0.4) is 0 Å². The van der Waals surface area contributed by atoms with E-state index in [0.29, 0.717) is 6.04 Å². The zero-order valence-electron chi connectivity index (χ0n) is 11.3. The molecule has 1 aliphatic carbocycles. The summed E-state index contributed by atoms with van der Waals surface area (Å²) in [4.78, 5) is 4.28. The van der Waals surface area contributed by atoms with E-state index in [9.17, 15) is 0 Å². The molecule has 2 atom stereocenters. The fourth-order valence-electron chi connectivity index (χ4n) is 2.76. The van der Waals surface area contributed by atoms with Crippen LogP contribution in [0.4, 0.5) is 5.69 Å². The second-order valence-electron chi connectivity index (χ2n) is 5.25. The number of aromatic nitrogens is 1. The topological polar surface area (TPSA) is 64.1 Å². The second kappa shape index (κ2) is 4.70. The summed E-state index contributed by atoms with van der Waals surface area (Å²) in [5, 5.41) is 3.59. The summed E-state index contributed by atoms with van der Waals surface area (Å²) in [6.45, 7) is 4.00. The summed E-state index contributed by atoms with van der Waals surface area (Å²) in [5.74, 6) is 1.60. The van der Waals surface area contributed by atoms with Gasteiger partial charge in [-0.3, -0.25) is 5.32 Å². The summed E-state index contributed by atoms with van der Waals surface area (Å²) in [7, 11) is 0. The Hall–Kier alpha value is -1.81. The van der Waals surface area contributed by atoms with Crippen molar-refractivity contribution in [2.75, 3.05) is 5.73 Å². The molecule has 0 bridgehead atoms. The number of fused-ring (bicyclic) bond motifs is 1. The normalized spacial score (nSPS) is 19.4. The number of nitrogen functional groups attached to an aromatic ring is 1. The molecule has 19 heavy (non-hydrogen) atoms. The fourth-order valence-corrected chi connectivity index (χ4v) is 2.76. The Morgan fingerprint density at radius 3 is 3.05 bits per heavy atom. The predicted octanol–water partition coefficient (Wildman–Crippen LogP) is 2.90. The Bertz CT molecular complexity index is 591. The molecule has 4 heteroatoms. The average molecular weight is 257 g/mol. The maximum absolute atomic E-state index is 5.83. The number of anilines is 1. The molecule has 0 radical (unpaired) electrons. The van der Waals surface area contributed by atoms with Gasteiger partial charge in [0, 0.05) is 11.7 Å². The molecule has 3 rings (SSSR count). The standard InChI is InChI=1S/C15H19N3O/c1-9-8-17-15(19-9)10(2)18-14-6-3-11-7-12(16)4-5-13(11)14/h4-5,7-8,10,14,18H,3,6,16H2,1-2H3. The van der Waals surface area contributed by atoms with Crippen molar-refractivity contribution in [1.29, 1.82) is 0 Å². The molecule has 100 valence electrons. The Morgan fingerprint density at radius 1 is 1.47 bits per heavy atom. The van der Waals surface area contributed by atoms with Crippen LogP contribution in [-0.2, 0) is 6.42 Å². The van der Waals surface area contributed by atoms with E-state index in [2.05, 4.69) is 29.4 Å². The molecule has 0 saturated heterocycles. The van der Waals surface area contributed by atoms with Crippen molar-refractivity contribution in [2.24, 2.45) is 0 Å². The maximum Gasteiger partial charge on any atom is 0.211 e. The van der Waals surface area contributed by atoms with Gasteiger partial charge >= 0.3 is 0 Å². The number of hydrogen-bond acceptors (Lipinski definition) is 4. The van der Waals surface area contributed by atoms with Gasteiger partial charge in [0.2, 0.25) is 5.89 Å². The van der Waals surface area contributed by atoms with Crippen LogP contribution >= 0.6 is 0 Å². The monoisotopic (exact) mass is 257 g/mol. The molecule has 0 fully saturated rings.